The molecule has 17 heavy (non-hydrogen) atoms. The predicted octanol–water partition coefficient (Wildman–Crippen LogP) is 1.30. The van der Waals surface area contributed by atoms with E-state index >= 15 is 0 Å². The molecule has 0 amide bonds. The van der Waals surface area contributed by atoms with Gasteiger partial charge in [-0.2, -0.15) is 5.26 Å². The number of methoxy groups -OCH3 is 1. The van der Waals surface area contributed by atoms with Gasteiger partial charge < -0.3 is 9.84 Å². The van der Waals surface area contributed by atoms with Crippen LogP contribution in [-0.2, 0) is 4.79 Å². The van der Waals surface area contributed by atoms with Crippen LogP contribution in [0.5, 0.6) is 5.75 Å². The summed E-state index contributed by atoms with van der Waals surface area (Å²) < 4.78 is 4.80. The number of carboxylic acid groups (broad SMARTS) is 1. The van der Waals surface area contributed by atoms with Crippen LogP contribution in [-0.4, -0.2) is 23.1 Å². The van der Waals surface area contributed by atoms with E-state index in [9.17, 15) is 14.9 Å². The minimum absolute atomic E-state index is 0.161. The van der Waals surface area contributed by atoms with Crippen LogP contribution in [0.3, 0.4) is 0 Å². The van der Waals surface area contributed by atoms with Gasteiger partial charge in [0, 0.05) is 0 Å². The van der Waals surface area contributed by atoms with Gasteiger partial charge in [-0.3, -0.25) is 14.9 Å². The van der Waals surface area contributed by atoms with Gasteiger partial charge in [0.15, 0.2) is 5.92 Å². The van der Waals surface area contributed by atoms with E-state index in [-0.39, 0.29) is 11.3 Å². The lowest BCUT2D eigenvalue weighted by Crippen LogP contribution is -2.11. The van der Waals surface area contributed by atoms with Crippen LogP contribution in [0.15, 0.2) is 18.2 Å². The van der Waals surface area contributed by atoms with E-state index in [0.717, 1.165) is 6.07 Å². The first-order valence-corrected chi connectivity index (χ1v) is 4.46. The minimum atomic E-state index is -1.57. The maximum Gasteiger partial charge on any atom is 0.325 e. The monoisotopic (exact) mass is 236 g/mol. The molecule has 0 bridgehead atoms. The normalized spacial score (nSPS) is 11.3. The average Bonchev–Trinajstić information content (AvgIpc) is 2.29. The van der Waals surface area contributed by atoms with Crippen molar-refractivity contribution in [3.8, 4) is 11.8 Å². The largest absolute Gasteiger partial charge is 0.497 e. The summed E-state index contributed by atoms with van der Waals surface area (Å²) in [4.78, 5) is 20.8. The van der Waals surface area contributed by atoms with E-state index in [1.807, 2.05) is 0 Å². The van der Waals surface area contributed by atoms with Gasteiger partial charge in [-0.25, -0.2) is 0 Å². The smallest absolute Gasteiger partial charge is 0.325 e. The molecule has 0 spiro atoms. The van der Waals surface area contributed by atoms with E-state index in [1.165, 1.54) is 25.3 Å². The highest BCUT2D eigenvalue weighted by Gasteiger charge is 2.28. The minimum Gasteiger partial charge on any atom is -0.497 e. The van der Waals surface area contributed by atoms with Gasteiger partial charge in [0.25, 0.3) is 5.69 Å². The van der Waals surface area contributed by atoms with Gasteiger partial charge in [0.2, 0.25) is 0 Å². The molecule has 0 fully saturated rings. The number of nitriles is 1. The zero-order valence-electron chi connectivity index (χ0n) is 8.78. The third kappa shape index (κ3) is 2.49. The fourth-order valence-corrected chi connectivity index (χ4v) is 1.31. The van der Waals surface area contributed by atoms with Gasteiger partial charge in [0.1, 0.15) is 5.75 Å². The van der Waals surface area contributed by atoms with Crippen LogP contribution in [0.1, 0.15) is 11.5 Å². The number of ether oxygens (including phenoxy) is 1. The molecule has 0 saturated carbocycles. The number of hydrogen-bond donors (Lipinski definition) is 1. The average molecular weight is 236 g/mol. The van der Waals surface area contributed by atoms with Gasteiger partial charge in [-0.1, -0.05) is 0 Å². The Hall–Kier alpha value is -2.62. The molecular formula is C10H8N2O5. The molecule has 1 aromatic rings. The second kappa shape index (κ2) is 4.94. The molecule has 0 radical (unpaired) electrons. The summed E-state index contributed by atoms with van der Waals surface area (Å²) in [6.45, 7) is 0. The summed E-state index contributed by atoms with van der Waals surface area (Å²) in [6.07, 6.45) is 0. The first-order valence-electron chi connectivity index (χ1n) is 4.46. The summed E-state index contributed by atoms with van der Waals surface area (Å²) >= 11 is 0. The Bertz CT molecular complexity index is 506. The Morgan fingerprint density at radius 2 is 2.29 bits per heavy atom. The molecule has 0 heterocycles. The van der Waals surface area contributed by atoms with Crippen LogP contribution in [0, 0.1) is 21.4 Å². The molecule has 0 aromatic heterocycles. The molecule has 0 aliphatic carbocycles. The van der Waals surface area contributed by atoms with Crippen LogP contribution in [0.25, 0.3) is 0 Å². The lowest BCUT2D eigenvalue weighted by atomic mass is 9.99. The van der Waals surface area contributed by atoms with Crippen molar-refractivity contribution in [1.29, 1.82) is 5.26 Å². The van der Waals surface area contributed by atoms with E-state index in [2.05, 4.69) is 0 Å². The van der Waals surface area contributed by atoms with Crippen molar-refractivity contribution in [2.24, 2.45) is 0 Å². The van der Waals surface area contributed by atoms with Crippen molar-refractivity contribution in [2.75, 3.05) is 7.11 Å². The summed E-state index contributed by atoms with van der Waals surface area (Å²) in [7, 11) is 1.33. The van der Waals surface area contributed by atoms with Crippen LogP contribution >= 0.6 is 0 Å². The summed E-state index contributed by atoms with van der Waals surface area (Å²) in [5, 5.41) is 28.3. The summed E-state index contributed by atoms with van der Waals surface area (Å²) in [5.41, 5.74) is -0.607. The van der Waals surface area contributed by atoms with Gasteiger partial charge in [-0.05, 0) is 12.1 Å². The maximum absolute atomic E-state index is 10.8. The van der Waals surface area contributed by atoms with Crippen molar-refractivity contribution >= 4 is 11.7 Å². The summed E-state index contributed by atoms with van der Waals surface area (Å²) in [6, 6.07) is 5.17. The molecule has 1 atom stereocenters. The van der Waals surface area contributed by atoms with Gasteiger partial charge in [0.05, 0.1) is 29.7 Å². The van der Waals surface area contributed by atoms with Crippen molar-refractivity contribution in [1.82, 2.24) is 0 Å². The maximum atomic E-state index is 10.8. The first kappa shape index (κ1) is 12.4. The number of nitrogens with zero attached hydrogens (tertiary/aromatic N) is 2. The van der Waals surface area contributed by atoms with E-state index < -0.39 is 22.5 Å². The molecule has 1 rings (SSSR count). The lowest BCUT2D eigenvalue weighted by molar-refractivity contribution is -0.385. The van der Waals surface area contributed by atoms with E-state index in [4.69, 9.17) is 15.1 Å². The van der Waals surface area contributed by atoms with Crippen LogP contribution in [0.4, 0.5) is 5.69 Å². The number of hydrogen-bond acceptors (Lipinski definition) is 5. The Morgan fingerprint density at radius 1 is 1.65 bits per heavy atom. The van der Waals surface area contributed by atoms with Gasteiger partial charge in [-0.15, -0.1) is 0 Å². The highest BCUT2D eigenvalue weighted by atomic mass is 16.6. The number of carboxylic acids is 1. The summed E-state index contributed by atoms with van der Waals surface area (Å²) in [5.74, 6) is -2.77. The molecule has 0 aliphatic rings. The van der Waals surface area contributed by atoms with E-state index in [1.54, 1.807) is 0 Å². The Balaban J connectivity index is 3.38. The highest BCUT2D eigenvalue weighted by molar-refractivity contribution is 5.81. The topological polar surface area (TPSA) is 113 Å². The first-order chi connectivity index (χ1) is 8.01. The number of nitro groups is 1. The molecule has 1 N–H and O–H groups in total. The lowest BCUT2D eigenvalue weighted by Gasteiger charge is -2.06. The molecule has 1 unspecified atom stereocenters. The third-order valence-corrected chi connectivity index (χ3v) is 2.12. The number of benzene rings is 1. The number of rotatable bonds is 4. The molecule has 7 heteroatoms. The fraction of sp³-hybridized carbons (Fsp3) is 0.200. The Labute approximate surface area is 96.0 Å². The number of aliphatic carboxylic acids is 1. The van der Waals surface area contributed by atoms with Crippen molar-refractivity contribution < 1.29 is 19.6 Å². The Morgan fingerprint density at radius 3 is 2.71 bits per heavy atom. The SMILES string of the molecule is COc1ccc(C(C#N)C(=O)O)c([N+](=O)[O-])c1. The van der Waals surface area contributed by atoms with Crippen molar-refractivity contribution in [2.45, 2.75) is 5.92 Å². The zero-order chi connectivity index (χ0) is 13.0. The Kier molecular flexibility index (Phi) is 3.62. The number of carbonyl (C=O) groups is 1. The predicted molar refractivity (Wildman–Crippen MR) is 55.6 cm³/mol. The molecule has 0 aliphatic heterocycles. The molecular weight excluding hydrogens is 228 g/mol. The van der Waals surface area contributed by atoms with Crippen molar-refractivity contribution in [3.63, 3.8) is 0 Å². The zero-order valence-corrected chi connectivity index (χ0v) is 8.78. The van der Waals surface area contributed by atoms with Crippen LogP contribution in [0.2, 0.25) is 0 Å². The van der Waals surface area contributed by atoms with Gasteiger partial charge >= 0.3 is 5.97 Å². The van der Waals surface area contributed by atoms with E-state index in [0.29, 0.717) is 0 Å². The second-order valence-corrected chi connectivity index (χ2v) is 3.08. The second-order valence-electron chi connectivity index (χ2n) is 3.08. The molecule has 0 saturated heterocycles. The molecule has 7 nitrogen and oxygen atoms in total. The standard InChI is InChI=1S/C10H8N2O5/c1-17-6-2-3-7(8(5-11)10(13)14)9(4-6)12(15)16/h2-4,8H,1H3,(H,13,14). The highest BCUT2D eigenvalue weighted by Crippen LogP contribution is 2.30. The quantitative estimate of drug-likeness (QED) is 0.622. The number of nitro benzene ring substituents is 1. The molecule has 1 aromatic carbocycles. The van der Waals surface area contributed by atoms with Crippen LogP contribution < -0.4 is 4.74 Å². The van der Waals surface area contributed by atoms with Crippen molar-refractivity contribution in [3.05, 3.63) is 33.9 Å². The fourth-order valence-electron chi connectivity index (χ4n) is 1.31. The molecule has 88 valence electrons. The third-order valence-electron chi connectivity index (χ3n) is 2.12.